The lowest BCUT2D eigenvalue weighted by Crippen LogP contribution is -2.30. The predicted octanol–water partition coefficient (Wildman–Crippen LogP) is 16.2. The number of hydrogen-bond acceptors (Lipinski definition) is 6. The van der Waals surface area contributed by atoms with Gasteiger partial charge in [-0.2, -0.15) is 0 Å². The summed E-state index contributed by atoms with van der Waals surface area (Å²) in [5, 5.41) is 0. The number of ether oxygens (including phenoxy) is 3. The summed E-state index contributed by atoms with van der Waals surface area (Å²) >= 11 is 0. The summed E-state index contributed by atoms with van der Waals surface area (Å²) < 4.78 is 16.7. The van der Waals surface area contributed by atoms with Gasteiger partial charge in [0, 0.05) is 19.3 Å². The van der Waals surface area contributed by atoms with Gasteiger partial charge in [0.05, 0.1) is 0 Å². The molecule has 0 spiro atoms. The van der Waals surface area contributed by atoms with Crippen molar-refractivity contribution >= 4 is 17.9 Å². The molecule has 0 N–H and O–H groups in total. The molecule has 0 saturated heterocycles. The van der Waals surface area contributed by atoms with Gasteiger partial charge in [0.15, 0.2) is 6.10 Å². The molecule has 1 atom stereocenters. The van der Waals surface area contributed by atoms with Gasteiger partial charge >= 0.3 is 17.9 Å². The number of hydrogen-bond donors (Lipinski definition) is 0. The molecule has 0 heterocycles. The molecule has 6 heteroatoms. The number of carbonyl (C=O) groups excluding carboxylic acids is 3. The fourth-order valence-electron chi connectivity index (χ4n) is 6.39. The minimum absolute atomic E-state index is 0.101. The van der Waals surface area contributed by atoms with Crippen LogP contribution in [0.25, 0.3) is 0 Å². The Kier molecular flexibility index (Phi) is 46.0. The standard InChI is InChI=1S/C55H90O6/c1-4-7-10-13-16-19-22-25-26-27-28-31-33-36-39-42-45-48-54(57)60-51-52(61-55(58)49-46-43-40-37-34-30-24-21-18-15-12-9-6-3)50-59-53(56)47-44-41-38-35-32-29-23-20-17-14-11-8-5-2/h7,9-12,14,16,18-21,23,25-26,30,34,52H,4-6,8,13,15,17,22,24,27-29,31-33,35-51H2,1-3H3/b10-7-,12-9-,14-11-,19-16-,21-18-,23-20-,26-25-,34-30-. The highest BCUT2D eigenvalue weighted by Gasteiger charge is 2.19. The third kappa shape index (κ3) is 47.2. The lowest BCUT2D eigenvalue weighted by molar-refractivity contribution is -0.167. The quantitative estimate of drug-likeness (QED) is 0.0263. The Morgan fingerprint density at radius 2 is 0.639 bits per heavy atom. The molecule has 0 aromatic carbocycles. The molecule has 0 fully saturated rings. The molecule has 6 nitrogen and oxygen atoms in total. The van der Waals surface area contributed by atoms with E-state index in [1.165, 1.54) is 32.1 Å². The molecule has 0 aromatic rings. The van der Waals surface area contributed by atoms with Crippen LogP contribution in [0.4, 0.5) is 0 Å². The third-order valence-corrected chi connectivity index (χ3v) is 10.0. The van der Waals surface area contributed by atoms with Crippen molar-refractivity contribution in [2.75, 3.05) is 13.2 Å². The second kappa shape index (κ2) is 49.0. The zero-order chi connectivity index (χ0) is 44.4. The van der Waals surface area contributed by atoms with E-state index in [1.54, 1.807) is 0 Å². The average Bonchev–Trinajstić information content (AvgIpc) is 3.26. The van der Waals surface area contributed by atoms with Gasteiger partial charge in [-0.15, -0.1) is 0 Å². The van der Waals surface area contributed by atoms with Gasteiger partial charge in [0.25, 0.3) is 0 Å². The van der Waals surface area contributed by atoms with Gasteiger partial charge in [0.2, 0.25) is 0 Å². The highest BCUT2D eigenvalue weighted by Crippen LogP contribution is 2.13. The van der Waals surface area contributed by atoms with E-state index in [-0.39, 0.29) is 37.5 Å². The molecule has 0 saturated carbocycles. The topological polar surface area (TPSA) is 78.9 Å². The van der Waals surface area contributed by atoms with Gasteiger partial charge in [-0.25, -0.2) is 0 Å². The second-order valence-electron chi connectivity index (χ2n) is 16.0. The summed E-state index contributed by atoms with van der Waals surface area (Å²) in [5.41, 5.74) is 0. The van der Waals surface area contributed by atoms with Crippen molar-refractivity contribution < 1.29 is 28.6 Å². The maximum absolute atomic E-state index is 12.8. The van der Waals surface area contributed by atoms with E-state index in [0.717, 1.165) is 141 Å². The van der Waals surface area contributed by atoms with Crippen LogP contribution in [0.5, 0.6) is 0 Å². The van der Waals surface area contributed by atoms with Crippen molar-refractivity contribution in [1.29, 1.82) is 0 Å². The van der Waals surface area contributed by atoms with Crippen molar-refractivity contribution in [1.82, 2.24) is 0 Å². The Balaban J connectivity index is 4.46. The van der Waals surface area contributed by atoms with E-state index in [9.17, 15) is 14.4 Å². The summed E-state index contributed by atoms with van der Waals surface area (Å²) in [7, 11) is 0. The van der Waals surface area contributed by atoms with Crippen molar-refractivity contribution in [3.05, 3.63) is 97.2 Å². The lowest BCUT2D eigenvalue weighted by Gasteiger charge is -2.18. The van der Waals surface area contributed by atoms with Crippen LogP contribution in [-0.4, -0.2) is 37.2 Å². The zero-order valence-electron chi connectivity index (χ0n) is 39.4. The molecular weight excluding hydrogens is 757 g/mol. The molecule has 0 rings (SSSR count). The Morgan fingerprint density at radius 3 is 1.02 bits per heavy atom. The van der Waals surface area contributed by atoms with Crippen LogP contribution in [0.15, 0.2) is 97.2 Å². The van der Waals surface area contributed by atoms with Crippen LogP contribution in [-0.2, 0) is 28.6 Å². The Labute approximate surface area is 375 Å². The van der Waals surface area contributed by atoms with Crippen molar-refractivity contribution in [2.24, 2.45) is 0 Å². The van der Waals surface area contributed by atoms with Gasteiger partial charge in [0.1, 0.15) is 13.2 Å². The molecular formula is C55H90O6. The smallest absolute Gasteiger partial charge is 0.306 e. The Hall–Kier alpha value is -3.67. The van der Waals surface area contributed by atoms with Gasteiger partial charge in [-0.05, 0) is 109 Å². The monoisotopic (exact) mass is 847 g/mol. The zero-order valence-corrected chi connectivity index (χ0v) is 39.4. The van der Waals surface area contributed by atoms with Crippen LogP contribution in [0.1, 0.15) is 213 Å². The molecule has 0 aliphatic carbocycles. The van der Waals surface area contributed by atoms with E-state index in [2.05, 4.69) is 118 Å². The first kappa shape index (κ1) is 57.3. The Morgan fingerprint density at radius 1 is 0.344 bits per heavy atom. The van der Waals surface area contributed by atoms with Gasteiger partial charge in [-0.3, -0.25) is 14.4 Å². The fraction of sp³-hybridized carbons (Fsp3) is 0.655. The first-order valence-corrected chi connectivity index (χ1v) is 24.7. The van der Waals surface area contributed by atoms with Crippen molar-refractivity contribution in [2.45, 2.75) is 219 Å². The molecule has 346 valence electrons. The van der Waals surface area contributed by atoms with Crippen molar-refractivity contribution in [3.63, 3.8) is 0 Å². The van der Waals surface area contributed by atoms with E-state index in [4.69, 9.17) is 14.2 Å². The minimum Gasteiger partial charge on any atom is -0.462 e. The maximum atomic E-state index is 12.8. The summed E-state index contributed by atoms with van der Waals surface area (Å²) in [5.74, 6) is -0.960. The third-order valence-electron chi connectivity index (χ3n) is 10.0. The molecule has 1 unspecified atom stereocenters. The van der Waals surface area contributed by atoms with Crippen LogP contribution >= 0.6 is 0 Å². The molecule has 0 aromatic heterocycles. The van der Waals surface area contributed by atoms with Gasteiger partial charge < -0.3 is 14.2 Å². The number of esters is 3. The molecule has 0 amide bonds. The summed E-state index contributed by atoms with van der Waals surface area (Å²) in [6, 6.07) is 0. The first-order chi connectivity index (χ1) is 30.0. The Bertz CT molecular complexity index is 1250. The summed E-state index contributed by atoms with van der Waals surface area (Å²) in [6.07, 6.45) is 63.9. The SMILES string of the molecule is CC/C=C\C/C=C\C/C=C\CCCCCCCCCC(=O)OCC(COC(=O)CCCCCCC/C=C\C/C=C\CCC)OC(=O)CCCCC/C=C\C/C=C\C/C=C\CC. The minimum atomic E-state index is -0.802. The normalized spacial score (nSPS) is 12.9. The van der Waals surface area contributed by atoms with Crippen LogP contribution in [0.2, 0.25) is 0 Å². The highest BCUT2D eigenvalue weighted by atomic mass is 16.6. The molecule has 0 bridgehead atoms. The fourth-order valence-corrected chi connectivity index (χ4v) is 6.39. The van der Waals surface area contributed by atoms with E-state index in [1.807, 2.05) is 0 Å². The summed E-state index contributed by atoms with van der Waals surface area (Å²) in [4.78, 5) is 37.9. The maximum Gasteiger partial charge on any atom is 0.306 e. The first-order valence-electron chi connectivity index (χ1n) is 24.7. The lowest BCUT2D eigenvalue weighted by atomic mass is 10.1. The highest BCUT2D eigenvalue weighted by molar-refractivity contribution is 5.71. The number of allylic oxidation sites excluding steroid dienone is 16. The van der Waals surface area contributed by atoms with E-state index in [0.29, 0.717) is 12.8 Å². The van der Waals surface area contributed by atoms with Crippen LogP contribution in [0, 0.1) is 0 Å². The molecule has 61 heavy (non-hydrogen) atoms. The van der Waals surface area contributed by atoms with E-state index < -0.39 is 6.10 Å². The average molecular weight is 847 g/mol. The molecule has 0 aliphatic heterocycles. The summed E-state index contributed by atoms with van der Waals surface area (Å²) in [6.45, 7) is 6.29. The molecule has 0 aliphatic rings. The van der Waals surface area contributed by atoms with Crippen molar-refractivity contribution in [3.8, 4) is 0 Å². The second-order valence-corrected chi connectivity index (χ2v) is 16.0. The predicted molar refractivity (Wildman–Crippen MR) is 260 cm³/mol. The van der Waals surface area contributed by atoms with Crippen LogP contribution < -0.4 is 0 Å². The number of unbranched alkanes of at least 4 members (excludes halogenated alkanes) is 16. The van der Waals surface area contributed by atoms with E-state index >= 15 is 0 Å². The molecule has 0 radical (unpaired) electrons. The number of rotatable bonds is 43. The number of carbonyl (C=O) groups is 3. The van der Waals surface area contributed by atoms with Crippen LogP contribution in [0.3, 0.4) is 0 Å². The largest absolute Gasteiger partial charge is 0.462 e. The van der Waals surface area contributed by atoms with Gasteiger partial charge in [-0.1, -0.05) is 182 Å².